The number of carbonyl (C=O) groups excluding carboxylic acids is 1. The predicted octanol–water partition coefficient (Wildman–Crippen LogP) is 4.85. The van der Waals surface area contributed by atoms with E-state index in [0.717, 1.165) is 23.5 Å². The molecule has 0 unspecified atom stereocenters. The first kappa shape index (κ1) is 16.3. The molecule has 24 heavy (non-hydrogen) atoms. The number of nitro groups is 1. The lowest BCUT2D eigenvalue weighted by atomic mass is 10.1. The third kappa shape index (κ3) is 3.21. The summed E-state index contributed by atoms with van der Waals surface area (Å²) in [4.78, 5) is 24.1. The number of benzene rings is 2. The second-order valence-corrected chi connectivity index (χ2v) is 6.50. The normalized spacial score (nSPS) is 12.5. The molecule has 1 aliphatic rings. The molecule has 0 bridgehead atoms. The van der Waals surface area contributed by atoms with Crippen LogP contribution in [0.2, 0.25) is 0 Å². The maximum Gasteiger partial charge on any atom is 0.287 e. The van der Waals surface area contributed by atoms with Gasteiger partial charge in [-0.2, -0.15) is 0 Å². The minimum atomic E-state index is -0.540. The maximum absolute atomic E-state index is 12.5. The summed E-state index contributed by atoms with van der Waals surface area (Å²) < 4.78 is 5.81. The minimum absolute atomic E-state index is 0.0453. The van der Waals surface area contributed by atoms with E-state index < -0.39 is 10.8 Å². The third-order valence-corrected chi connectivity index (χ3v) is 4.66. The van der Waals surface area contributed by atoms with Crippen molar-refractivity contribution in [2.24, 2.45) is 0 Å². The van der Waals surface area contributed by atoms with Crippen LogP contribution in [-0.2, 0) is 0 Å². The standard InChI is InChI=1S/C17H16N2O4S/c1-2-3-8-24-11-9-13(19(21)22)16-15(10-11)23-14-7-5-4-6-12(14)18-17(16)20/h4-7,9-10H,2-3,8H2,1H3,(H,18,20). The van der Waals surface area contributed by atoms with Crippen molar-refractivity contribution in [3.8, 4) is 11.5 Å². The SMILES string of the molecule is CCCCSc1cc2c(c([N+](=O)[O-])c1)C(=O)Nc1ccccc1O2. The van der Waals surface area contributed by atoms with Crippen LogP contribution in [0.1, 0.15) is 30.1 Å². The van der Waals surface area contributed by atoms with E-state index in [2.05, 4.69) is 12.2 Å². The van der Waals surface area contributed by atoms with Gasteiger partial charge in [0.05, 0.1) is 10.6 Å². The zero-order chi connectivity index (χ0) is 17.1. The molecule has 2 aromatic rings. The molecule has 0 saturated heterocycles. The third-order valence-electron chi connectivity index (χ3n) is 3.60. The van der Waals surface area contributed by atoms with Crippen LogP contribution in [0.15, 0.2) is 41.3 Å². The van der Waals surface area contributed by atoms with E-state index >= 15 is 0 Å². The monoisotopic (exact) mass is 344 g/mol. The van der Waals surface area contributed by atoms with E-state index in [1.54, 1.807) is 30.3 Å². The van der Waals surface area contributed by atoms with Gasteiger partial charge in [-0.3, -0.25) is 14.9 Å². The van der Waals surface area contributed by atoms with Gasteiger partial charge in [0.2, 0.25) is 0 Å². The van der Waals surface area contributed by atoms with E-state index in [-0.39, 0.29) is 17.0 Å². The first-order valence-corrected chi connectivity index (χ1v) is 8.62. The molecule has 0 radical (unpaired) electrons. The van der Waals surface area contributed by atoms with Gasteiger partial charge in [0.25, 0.3) is 11.6 Å². The van der Waals surface area contributed by atoms with Crippen LogP contribution in [0.3, 0.4) is 0 Å². The van der Waals surface area contributed by atoms with Crippen LogP contribution in [0.5, 0.6) is 11.5 Å². The number of nitrogens with zero attached hydrogens (tertiary/aromatic N) is 1. The van der Waals surface area contributed by atoms with Crippen molar-refractivity contribution in [3.05, 3.63) is 52.1 Å². The van der Waals surface area contributed by atoms with Gasteiger partial charge in [-0.1, -0.05) is 25.5 Å². The van der Waals surface area contributed by atoms with Gasteiger partial charge in [0.1, 0.15) is 5.75 Å². The van der Waals surface area contributed by atoms with E-state index in [4.69, 9.17) is 4.74 Å². The average Bonchev–Trinajstić information content (AvgIpc) is 2.70. The summed E-state index contributed by atoms with van der Waals surface area (Å²) in [6.07, 6.45) is 2.06. The largest absolute Gasteiger partial charge is 0.454 e. The molecule has 0 fully saturated rings. The molecule has 124 valence electrons. The van der Waals surface area contributed by atoms with Gasteiger partial charge < -0.3 is 10.1 Å². The Morgan fingerprint density at radius 2 is 2.04 bits per heavy atom. The van der Waals surface area contributed by atoms with E-state index in [9.17, 15) is 14.9 Å². The summed E-state index contributed by atoms with van der Waals surface area (Å²) in [5, 5.41) is 14.1. The Labute approximate surface area is 143 Å². The molecule has 1 heterocycles. The van der Waals surface area contributed by atoms with Crippen molar-refractivity contribution in [2.75, 3.05) is 11.1 Å². The smallest absolute Gasteiger partial charge is 0.287 e. The van der Waals surface area contributed by atoms with E-state index in [1.807, 2.05) is 0 Å². The quantitative estimate of drug-likeness (QED) is 0.363. The van der Waals surface area contributed by atoms with E-state index in [0.29, 0.717) is 11.4 Å². The zero-order valence-electron chi connectivity index (χ0n) is 13.1. The first-order valence-electron chi connectivity index (χ1n) is 7.63. The van der Waals surface area contributed by atoms with Crippen LogP contribution >= 0.6 is 11.8 Å². The number of thioether (sulfide) groups is 1. The number of carbonyl (C=O) groups is 1. The molecule has 0 aromatic heterocycles. The van der Waals surface area contributed by atoms with Crippen molar-refractivity contribution in [2.45, 2.75) is 24.7 Å². The molecule has 1 N–H and O–H groups in total. The fourth-order valence-corrected chi connectivity index (χ4v) is 3.46. The average molecular weight is 344 g/mol. The number of unbranched alkanes of at least 4 members (excludes halogenated alkanes) is 1. The van der Waals surface area contributed by atoms with Gasteiger partial charge in [-0.25, -0.2) is 0 Å². The number of ether oxygens (including phenoxy) is 1. The second kappa shape index (κ2) is 6.92. The number of para-hydroxylation sites is 2. The van der Waals surface area contributed by atoms with Crippen molar-refractivity contribution < 1.29 is 14.5 Å². The van der Waals surface area contributed by atoms with Crippen molar-refractivity contribution in [1.82, 2.24) is 0 Å². The Bertz CT molecular complexity index is 807. The molecule has 6 nitrogen and oxygen atoms in total. The van der Waals surface area contributed by atoms with Gasteiger partial charge in [0, 0.05) is 11.0 Å². The molecule has 7 heteroatoms. The highest BCUT2D eigenvalue weighted by Crippen LogP contribution is 2.41. The fourth-order valence-electron chi connectivity index (χ4n) is 2.41. The Morgan fingerprint density at radius 3 is 2.79 bits per heavy atom. The molecule has 1 amide bonds. The summed E-state index contributed by atoms with van der Waals surface area (Å²) in [5.74, 6) is 1.00. The molecule has 1 aliphatic heterocycles. The maximum atomic E-state index is 12.5. The predicted molar refractivity (Wildman–Crippen MR) is 93.2 cm³/mol. The molecule has 2 aromatic carbocycles. The highest BCUT2D eigenvalue weighted by molar-refractivity contribution is 7.99. The lowest BCUT2D eigenvalue weighted by molar-refractivity contribution is -0.385. The van der Waals surface area contributed by atoms with Gasteiger partial charge in [-0.05, 0) is 30.4 Å². The van der Waals surface area contributed by atoms with Crippen LogP contribution in [0.4, 0.5) is 11.4 Å². The molecular weight excluding hydrogens is 328 g/mol. The molecule has 3 rings (SSSR count). The Hall–Kier alpha value is -2.54. The van der Waals surface area contributed by atoms with Crippen LogP contribution in [-0.4, -0.2) is 16.6 Å². The minimum Gasteiger partial charge on any atom is -0.454 e. The summed E-state index contributed by atoms with van der Waals surface area (Å²) in [6.45, 7) is 2.09. The Kier molecular flexibility index (Phi) is 4.71. The number of rotatable bonds is 5. The summed E-state index contributed by atoms with van der Waals surface area (Å²) in [6, 6.07) is 10.1. The Morgan fingerprint density at radius 1 is 1.25 bits per heavy atom. The summed E-state index contributed by atoms with van der Waals surface area (Å²) in [7, 11) is 0. The Balaban J connectivity index is 2.08. The topological polar surface area (TPSA) is 81.5 Å². The van der Waals surface area contributed by atoms with Gasteiger partial charge >= 0.3 is 0 Å². The molecule has 0 spiro atoms. The van der Waals surface area contributed by atoms with Crippen molar-refractivity contribution in [3.63, 3.8) is 0 Å². The van der Waals surface area contributed by atoms with Gasteiger partial charge in [-0.15, -0.1) is 11.8 Å². The lowest BCUT2D eigenvalue weighted by Gasteiger charge is -2.09. The summed E-state index contributed by atoms with van der Waals surface area (Å²) >= 11 is 1.52. The molecule has 0 saturated carbocycles. The number of hydrogen-bond acceptors (Lipinski definition) is 5. The number of nitro benzene ring substituents is 1. The van der Waals surface area contributed by atoms with E-state index in [1.165, 1.54) is 17.8 Å². The number of nitrogens with one attached hydrogen (secondary N) is 1. The fraction of sp³-hybridized carbons (Fsp3) is 0.235. The van der Waals surface area contributed by atoms with Crippen LogP contribution < -0.4 is 10.1 Å². The summed E-state index contributed by atoms with van der Waals surface area (Å²) in [5.41, 5.74) is 0.209. The molecular formula is C17H16N2O4S. The van der Waals surface area contributed by atoms with Crippen LogP contribution in [0, 0.1) is 10.1 Å². The highest BCUT2D eigenvalue weighted by Gasteiger charge is 2.30. The molecule has 0 aliphatic carbocycles. The second-order valence-electron chi connectivity index (χ2n) is 5.33. The number of hydrogen-bond donors (Lipinski definition) is 1. The first-order chi connectivity index (χ1) is 11.6. The highest BCUT2D eigenvalue weighted by atomic mass is 32.2. The van der Waals surface area contributed by atoms with Crippen LogP contribution in [0.25, 0.3) is 0 Å². The van der Waals surface area contributed by atoms with Gasteiger partial charge in [0.15, 0.2) is 11.3 Å². The zero-order valence-corrected chi connectivity index (χ0v) is 13.9. The van der Waals surface area contributed by atoms with Crippen molar-refractivity contribution >= 4 is 29.0 Å². The lowest BCUT2D eigenvalue weighted by Crippen LogP contribution is -2.13. The number of anilines is 1. The number of fused-ring (bicyclic) bond motifs is 2. The number of amides is 1. The van der Waals surface area contributed by atoms with Crippen molar-refractivity contribution in [1.29, 1.82) is 0 Å². The molecule has 0 atom stereocenters.